The van der Waals surface area contributed by atoms with Crippen LogP contribution < -0.4 is 0 Å². The van der Waals surface area contributed by atoms with Gasteiger partial charge in [-0.25, -0.2) is 9.97 Å². The van der Waals surface area contributed by atoms with E-state index in [1.54, 1.807) is 13.3 Å². The summed E-state index contributed by atoms with van der Waals surface area (Å²) in [6.45, 7) is 2.93. The monoisotopic (exact) mass is 360 g/mol. The molecule has 1 aliphatic heterocycles. The van der Waals surface area contributed by atoms with Gasteiger partial charge in [0.1, 0.15) is 10.9 Å². The number of carbonyl (C=O) groups is 1. The topological polar surface area (TPSA) is 60.2 Å². The van der Waals surface area contributed by atoms with Gasteiger partial charge in [-0.15, -0.1) is 11.8 Å². The summed E-state index contributed by atoms with van der Waals surface area (Å²) in [4.78, 5) is 23.8. The van der Waals surface area contributed by atoms with Crippen molar-refractivity contribution in [2.45, 2.75) is 30.3 Å². The fourth-order valence-corrected chi connectivity index (χ4v) is 3.86. The molecule has 0 aliphatic carbocycles. The van der Waals surface area contributed by atoms with E-state index >= 15 is 0 Å². The lowest BCUT2D eigenvalue weighted by atomic mass is 9.96. The zero-order valence-corrected chi connectivity index (χ0v) is 15.5. The van der Waals surface area contributed by atoms with Gasteiger partial charge in [-0.1, -0.05) is 0 Å². The van der Waals surface area contributed by atoms with Crippen molar-refractivity contribution in [1.29, 1.82) is 0 Å². The van der Waals surface area contributed by atoms with Gasteiger partial charge in [0.2, 0.25) is 0 Å². The highest BCUT2D eigenvalue weighted by molar-refractivity contribution is 7.98. The smallest absolute Gasteiger partial charge is 0.256 e. The Hall–Kier alpha value is -1.86. The van der Waals surface area contributed by atoms with Crippen LogP contribution in [0.5, 0.6) is 0 Å². The van der Waals surface area contributed by atoms with Gasteiger partial charge in [0.25, 0.3) is 5.91 Å². The van der Waals surface area contributed by atoms with Gasteiger partial charge in [-0.3, -0.25) is 4.79 Å². The number of aromatic nitrogens is 3. The van der Waals surface area contributed by atoms with E-state index < -0.39 is 0 Å². The predicted molar refractivity (Wildman–Crippen MR) is 98.0 cm³/mol. The number of methoxy groups -OCH3 is 1. The molecule has 3 rings (SSSR count). The Kier molecular flexibility index (Phi) is 6.09. The second-order valence-electron chi connectivity index (χ2n) is 6.12. The lowest BCUT2D eigenvalue weighted by molar-refractivity contribution is 0.0698. The number of likely N-dealkylation sites (tertiary alicyclic amines) is 1. The fourth-order valence-electron chi connectivity index (χ4n) is 3.32. The molecule has 1 saturated heterocycles. The molecule has 134 valence electrons. The number of ether oxygens (including phenoxy) is 1. The standard InChI is InChI=1S/C18H24N4O2S/c1-24-12-11-21-10-8-19-16(21)14-5-4-9-22(13-14)18(23)15-6-3-7-20-17(15)25-2/h3,6-8,10,14H,4-5,9,11-13H2,1-2H3/t14-/m0/s1. The molecule has 1 aliphatic rings. The highest BCUT2D eigenvalue weighted by Gasteiger charge is 2.29. The molecule has 1 fully saturated rings. The summed E-state index contributed by atoms with van der Waals surface area (Å²) in [5.74, 6) is 1.38. The van der Waals surface area contributed by atoms with Crippen LogP contribution in [-0.4, -0.2) is 58.4 Å². The van der Waals surface area contributed by atoms with Crippen molar-refractivity contribution in [3.8, 4) is 0 Å². The second-order valence-corrected chi connectivity index (χ2v) is 6.92. The zero-order valence-electron chi connectivity index (χ0n) is 14.7. The van der Waals surface area contributed by atoms with E-state index in [0.717, 1.165) is 36.8 Å². The number of hydrogen-bond acceptors (Lipinski definition) is 5. The first-order valence-electron chi connectivity index (χ1n) is 8.52. The largest absolute Gasteiger partial charge is 0.383 e. The van der Waals surface area contributed by atoms with E-state index in [2.05, 4.69) is 14.5 Å². The van der Waals surface area contributed by atoms with E-state index in [1.807, 2.05) is 35.7 Å². The molecule has 0 aromatic carbocycles. The quantitative estimate of drug-likeness (QED) is 0.741. The Morgan fingerprint density at radius 3 is 3.08 bits per heavy atom. The molecule has 0 radical (unpaired) electrons. The third-order valence-corrected chi connectivity index (χ3v) is 5.26. The average Bonchev–Trinajstić information content (AvgIpc) is 3.14. The molecule has 3 heterocycles. The van der Waals surface area contributed by atoms with Crippen LogP contribution in [0, 0.1) is 0 Å². The van der Waals surface area contributed by atoms with Gasteiger partial charge in [-0.05, 0) is 31.2 Å². The Morgan fingerprint density at radius 1 is 1.40 bits per heavy atom. The lowest BCUT2D eigenvalue weighted by Crippen LogP contribution is -2.40. The van der Waals surface area contributed by atoms with Crippen LogP contribution in [-0.2, 0) is 11.3 Å². The maximum absolute atomic E-state index is 13.0. The summed E-state index contributed by atoms with van der Waals surface area (Å²) in [5.41, 5.74) is 0.693. The van der Waals surface area contributed by atoms with E-state index in [4.69, 9.17) is 4.74 Å². The Labute approximate surface area is 152 Å². The van der Waals surface area contributed by atoms with Crippen LogP contribution in [0.25, 0.3) is 0 Å². The van der Waals surface area contributed by atoms with Crippen LogP contribution in [0.2, 0.25) is 0 Å². The molecule has 0 unspecified atom stereocenters. The summed E-state index contributed by atoms with van der Waals surface area (Å²) in [6, 6.07) is 3.69. The molecular formula is C18H24N4O2S. The minimum atomic E-state index is 0.0668. The Bertz CT molecular complexity index is 719. The van der Waals surface area contributed by atoms with E-state index in [0.29, 0.717) is 18.7 Å². The number of carbonyl (C=O) groups excluding carboxylic acids is 1. The van der Waals surface area contributed by atoms with Crippen LogP contribution in [0.3, 0.4) is 0 Å². The zero-order chi connectivity index (χ0) is 17.6. The number of hydrogen-bond donors (Lipinski definition) is 0. The highest BCUT2D eigenvalue weighted by Crippen LogP contribution is 2.28. The lowest BCUT2D eigenvalue weighted by Gasteiger charge is -2.33. The molecule has 0 spiro atoms. The molecule has 0 bridgehead atoms. The van der Waals surface area contributed by atoms with Crippen molar-refractivity contribution in [3.63, 3.8) is 0 Å². The number of rotatable bonds is 6. The minimum Gasteiger partial charge on any atom is -0.383 e. The number of pyridine rings is 1. The van der Waals surface area contributed by atoms with E-state index in [9.17, 15) is 4.79 Å². The molecule has 6 nitrogen and oxygen atoms in total. The van der Waals surface area contributed by atoms with E-state index in [-0.39, 0.29) is 11.8 Å². The minimum absolute atomic E-state index is 0.0668. The van der Waals surface area contributed by atoms with Gasteiger partial charge in [0.15, 0.2) is 0 Å². The summed E-state index contributed by atoms with van der Waals surface area (Å²) in [6.07, 6.45) is 9.54. The van der Waals surface area contributed by atoms with Crippen LogP contribution in [0.4, 0.5) is 0 Å². The summed E-state index contributed by atoms with van der Waals surface area (Å²) in [7, 11) is 1.70. The third kappa shape index (κ3) is 4.04. The van der Waals surface area contributed by atoms with Gasteiger partial charge in [-0.2, -0.15) is 0 Å². The number of piperidine rings is 1. The second kappa shape index (κ2) is 8.49. The summed E-state index contributed by atoms with van der Waals surface area (Å²) in [5, 5.41) is 0.788. The van der Waals surface area contributed by atoms with Crippen molar-refractivity contribution in [2.75, 3.05) is 33.1 Å². The SMILES string of the molecule is COCCn1ccnc1[C@H]1CCCN(C(=O)c2cccnc2SC)C1. The number of imidazole rings is 1. The molecular weight excluding hydrogens is 336 g/mol. The van der Waals surface area contributed by atoms with Crippen molar-refractivity contribution in [3.05, 3.63) is 42.1 Å². The molecule has 7 heteroatoms. The van der Waals surface area contributed by atoms with Crippen molar-refractivity contribution < 1.29 is 9.53 Å². The third-order valence-electron chi connectivity index (χ3n) is 4.55. The molecule has 0 N–H and O–H groups in total. The normalized spacial score (nSPS) is 17.7. The maximum Gasteiger partial charge on any atom is 0.256 e. The van der Waals surface area contributed by atoms with Gasteiger partial charge in [0, 0.05) is 51.3 Å². The first-order chi connectivity index (χ1) is 12.2. The van der Waals surface area contributed by atoms with Crippen LogP contribution in [0.1, 0.15) is 34.9 Å². The van der Waals surface area contributed by atoms with Crippen LogP contribution >= 0.6 is 11.8 Å². The molecule has 1 amide bonds. The van der Waals surface area contributed by atoms with Crippen molar-refractivity contribution >= 4 is 17.7 Å². The number of amides is 1. The molecule has 0 saturated carbocycles. The average molecular weight is 360 g/mol. The molecule has 2 aromatic heterocycles. The van der Waals surface area contributed by atoms with Gasteiger partial charge >= 0.3 is 0 Å². The van der Waals surface area contributed by atoms with Crippen LogP contribution in [0.15, 0.2) is 35.7 Å². The fraction of sp³-hybridized carbons (Fsp3) is 0.500. The Morgan fingerprint density at radius 2 is 2.28 bits per heavy atom. The van der Waals surface area contributed by atoms with Crippen molar-refractivity contribution in [1.82, 2.24) is 19.4 Å². The first kappa shape index (κ1) is 17.9. The Balaban J connectivity index is 1.75. The number of nitrogens with zero attached hydrogens (tertiary/aromatic N) is 4. The summed E-state index contributed by atoms with van der Waals surface area (Å²) >= 11 is 1.51. The van der Waals surface area contributed by atoms with Gasteiger partial charge in [0.05, 0.1) is 12.2 Å². The van der Waals surface area contributed by atoms with Gasteiger partial charge < -0.3 is 14.2 Å². The van der Waals surface area contributed by atoms with E-state index in [1.165, 1.54) is 11.8 Å². The maximum atomic E-state index is 13.0. The number of thioether (sulfide) groups is 1. The predicted octanol–water partition coefficient (Wildman–Crippen LogP) is 2.67. The van der Waals surface area contributed by atoms with Crippen molar-refractivity contribution in [2.24, 2.45) is 0 Å². The molecule has 2 aromatic rings. The summed E-state index contributed by atoms with van der Waals surface area (Å²) < 4.78 is 7.32. The molecule has 25 heavy (non-hydrogen) atoms. The highest BCUT2D eigenvalue weighted by atomic mass is 32.2. The first-order valence-corrected chi connectivity index (χ1v) is 9.75. The molecule has 1 atom stereocenters.